The van der Waals surface area contributed by atoms with E-state index >= 15 is 0 Å². The van der Waals surface area contributed by atoms with Crippen LogP contribution in [0.3, 0.4) is 0 Å². The fourth-order valence-corrected chi connectivity index (χ4v) is 5.32. The van der Waals surface area contributed by atoms with Gasteiger partial charge in [0.25, 0.3) is 0 Å². The van der Waals surface area contributed by atoms with Gasteiger partial charge in [0.05, 0.1) is 9.79 Å². The molecule has 0 saturated heterocycles. The second-order valence-electron chi connectivity index (χ2n) is 6.60. The minimum absolute atomic E-state index is 0.484. The molecule has 4 aromatic carbocycles. The maximum Gasteiger partial charge on any atom is 0.333 e. The predicted molar refractivity (Wildman–Crippen MR) is 114 cm³/mol. The van der Waals surface area contributed by atoms with Crippen LogP contribution in [0.25, 0.3) is 10.8 Å². The Morgan fingerprint density at radius 3 is 1.97 bits per heavy atom. The average Bonchev–Trinajstić information content (AvgIpc) is 2.78. The predicted octanol–water partition coefficient (Wildman–Crippen LogP) is 5.55. The number of carboxylic acids is 1. The summed E-state index contributed by atoms with van der Waals surface area (Å²) >= 11 is 0. The van der Waals surface area contributed by atoms with Crippen molar-refractivity contribution in [1.29, 1.82) is 0 Å². The summed E-state index contributed by atoms with van der Waals surface area (Å²) in [6.07, 6.45) is 0. The van der Waals surface area contributed by atoms with Crippen LogP contribution in [0, 0.1) is 0 Å². The third-order valence-electron chi connectivity index (χ3n) is 4.71. The topological polar surface area (TPSA) is 66.7 Å². The fraction of sp³-hybridized carbons (Fsp3) is 0.0417. The van der Waals surface area contributed by atoms with Gasteiger partial charge in [-0.1, -0.05) is 78.9 Å². The molecular formula is C24H19NO3S. The van der Waals surface area contributed by atoms with Gasteiger partial charge in [-0.15, -0.1) is 0 Å². The number of rotatable bonds is 5. The molecule has 0 bridgehead atoms. The number of carbonyl (C=O) groups is 1. The first-order valence-electron chi connectivity index (χ1n) is 9.16. The minimum atomic E-state index is -3.19. The monoisotopic (exact) mass is 401 g/mol. The Hall–Kier alpha value is -3.44. The summed E-state index contributed by atoms with van der Waals surface area (Å²) in [6.45, 7) is 0. The summed E-state index contributed by atoms with van der Waals surface area (Å²) in [5, 5.41) is 11.8. The Labute approximate surface area is 169 Å². The van der Waals surface area contributed by atoms with Crippen LogP contribution in [0.4, 0.5) is 0 Å². The Kier molecular flexibility index (Phi) is 5.14. The minimum Gasteiger partial charge on any atom is -0.479 e. The highest BCUT2D eigenvalue weighted by molar-refractivity contribution is 7.93. The lowest BCUT2D eigenvalue weighted by Crippen LogP contribution is -2.13. The molecule has 0 spiro atoms. The van der Waals surface area contributed by atoms with Crippen LogP contribution in [-0.4, -0.2) is 15.3 Å². The third-order valence-corrected chi connectivity index (χ3v) is 7.02. The van der Waals surface area contributed by atoms with Crippen molar-refractivity contribution in [3.8, 4) is 0 Å². The Balaban J connectivity index is 1.99. The van der Waals surface area contributed by atoms with E-state index in [2.05, 4.69) is 4.36 Å². The molecule has 4 rings (SSSR count). The van der Waals surface area contributed by atoms with Crippen LogP contribution >= 0.6 is 0 Å². The summed E-state index contributed by atoms with van der Waals surface area (Å²) in [5.41, 5.74) is 0.490. The van der Waals surface area contributed by atoms with E-state index in [1.54, 1.807) is 60.7 Å². The van der Waals surface area contributed by atoms with Gasteiger partial charge in [-0.2, -0.15) is 0 Å². The van der Waals surface area contributed by atoms with E-state index in [9.17, 15) is 14.1 Å². The molecule has 0 aliphatic rings. The number of hydrogen-bond donors (Lipinski definition) is 1. The van der Waals surface area contributed by atoms with Gasteiger partial charge in [0.15, 0.2) is 6.04 Å². The molecule has 0 heterocycles. The molecule has 4 aromatic rings. The molecule has 29 heavy (non-hydrogen) atoms. The maximum atomic E-state index is 14.3. The van der Waals surface area contributed by atoms with Crippen molar-refractivity contribution < 1.29 is 14.1 Å². The summed E-state index contributed by atoms with van der Waals surface area (Å²) in [7, 11) is -3.19. The Morgan fingerprint density at radius 2 is 1.31 bits per heavy atom. The molecule has 1 N–H and O–H groups in total. The van der Waals surface area contributed by atoms with Crippen molar-refractivity contribution >= 4 is 26.5 Å². The van der Waals surface area contributed by atoms with E-state index in [1.807, 2.05) is 42.5 Å². The highest BCUT2D eigenvalue weighted by Gasteiger charge is 2.25. The molecule has 0 fully saturated rings. The first kappa shape index (κ1) is 18.9. The zero-order valence-corrected chi connectivity index (χ0v) is 16.3. The Bertz CT molecular complexity index is 1280. The number of carboxylic acid groups (broad SMARTS) is 1. The number of nitrogens with zero attached hydrogens (tertiary/aromatic N) is 1. The molecule has 2 atom stereocenters. The highest BCUT2D eigenvalue weighted by atomic mass is 32.2. The third kappa shape index (κ3) is 3.77. The number of benzene rings is 4. The lowest BCUT2D eigenvalue weighted by atomic mass is 10.1. The molecule has 4 nitrogen and oxygen atoms in total. The first-order chi connectivity index (χ1) is 14.1. The standard InChI is InChI=1S/C24H19NO3S/c26-24(27)23(19-10-3-1-4-11-19)25-29(28,21-13-5-2-6-14-21)22-16-15-18-9-7-8-12-20(18)17-22/h1-17,23H,(H,26,27). The van der Waals surface area contributed by atoms with Crippen molar-refractivity contribution in [2.75, 3.05) is 0 Å². The molecule has 0 radical (unpaired) electrons. The Morgan fingerprint density at radius 1 is 0.724 bits per heavy atom. The van der Waals surface area contributed by atoms with Crippen molar-refractivity contribution in [2.45, 2.75) is 15.8 Å². The fourth-order valence-electron chi connectivity index (χ4n) is 3.23. The molecular weight excluding hydrogens is 382 g/mol. The zero-order valence-electron chi connectivity index (χ0n) is 15.5. The molecule has 5 heteroatoms. The molecule has 0 amide bonds. The first-order valence-corrected chi connectivity index (χ1v) is 10.7. The summed E-state index contributed by atoms with van der Waals surface area (Å²) in [4.78, 5) is 13.0. The van der Waals surface area contributed by atoms with Gasteiger partial charge < -0.3 is 5.11 Å². The van der Waals surface area contributed by atoms with Crippen molar-refractivity contribution in [1.82, 2.24) is 0 Å². The molecule has 0 aliphatic carbocycles. The van der Waals surface area contributed by atoms with E-state index < -0.39 is 21.7 Å². The summed E-state index contributed by atoms with van der Waals surface area (Å²) in [6, 6.07) is 29.6. The lowest BCUT2D eigenvalue weighted by Gasteiger charge is -2.16. The van der Waals surface area contributed by atoms with Crippen LogP contribution < -0.4 is 0 Å². The van der Waals surface area contributed by atoms with Gasteiger partial charge in [0.1, 0.15) is 9.73 Å². The molecule has 0 aromatic heterocycles. The second-order valence-corrected chi connectivity index (χ2v) is 8.81. The van der Waals surface area contributed by atoms with Gasteiger partial charge in [-0.25, -0.2) is 13.4 Å². The largest absolute Gasteiger partial charge is 0.479 e. The van der Waals surface area contributed by atoms with E-state index in [0.717, 1.165) is 10.8 Å². The van der Waals surface area contributed by atoms with Gasteiger partial charge in [0, 0.05) is 0 Å². The van der Waals surface area contributed by atoms with E-state index in [4.69, 9.17) is 0 Å². The van der Waals surface area contributed by atoms with E-state index in [0.29, 0.717) is 15.4 Å². The van der Waals surface area contributed by atoms with Gasteiger partial charge in [-0.3, -0.25) is 0 Å². The van der Waals surface area contributed by atoms with E-state index in [1.165, 1.54) is 0 Å². The van der Waals surface area contributed by atoms with Crippen molar-refractivity contribution in [2.24, 2.45) is 4.36 Å². The number of aliphatic carboxylic acids is 1. The zero-order chi connectivity index (χ0) is 20.3. The highest BCUT2D eigenvalue weighted by Crippen LogP contribution is 2.31. The van der Waals surface area contributed by atoms with E-state index in [-0.39, 0.29) is 0 Å². The summed E-state index contributed by atoms with van der Waals surface area (Å²) in [5.74, 6) is -1.14. The molecule has 2 unspecified atom stereocenters. The normalized spacial score (nSPS) is 14.1. The number of fused-ring (bicyclic) bond motifs is 1. The second kappa shape index (κ2) is 7.89. The van der Waals surface area contributed by atoms with Gasteiger partial charge >= 0.3 is 5.97 Å². The van der Waals surface area contributed by atoms with Gasteiger partial charge in [-0.05, 0) is 40.6 Å². The average molecular weight is 401 g/mol. The van der Waals surface area contributed by atoms with Gasteiger partial charge in [0.2, 0.25) is 0 Å². The summed E-state index contributed by atoms with van der Waals surface area (Å²) < 4.78 is 18.7. The van der Waals surface area contributed by atoms with Crippen LogP contribution in [0.15, 0.2) is 117 Å². The van der Waals surface area contributed by atoms with Crippen molar-refractivity contribution in [3.05, 3.63) is 109 Å². The lowest BCUT2D eigenvalue weighted by molar-refractivity contribution is -0.138. The van der Waals surface area contributed by atoms with Crippen LogP contribution in [0.5, 0.6) is 0 Å². The quantitative estimate of drug-likeness (QED) is 0.477. The SMILES string of the molecule is O=C(O)C(N=S(=O)(c1ccccc1)c1ccc2ccccc2c1)c1ccccc1. The number of hydrogen-bond acceptors (Lipinski definition) is 3. The molecule has 144 valence electrons. The van der Waals surface area contributed by atoms with Crippen LogP contribution in [0.1, 0.15) is 11.6 Å². The molecule has 0 saturated carbocycles. The van der Waals surface area contributed by atoms with Crippen molar-refractivity contribution in [3.63, 3.8) is 0 Å². The molecule has 0 aliphatic heterocycles. The maximum absolute atomic E-state index is 14.3. The smallest absolute Gasteiger partial charge is 0.333 e. The van der Waals surface area contributed by atoms with Crippen LogP contribution in [-0.2, 0) is 14.5 Å². The van der Waals surface area contributed by atoms with Crippen LogP contribution in [0.2, 0.25) is 0 Å².